The van der Waals surface area contributed by atoms with Crippen molar-refractivity contribution in [3.8, 4) is 5.75 Å². The lowest BCUT2D eigenvalue weighted by molar-refractivity contribution is -0.129. The van der Waals surface area contributed by atoms with Crippen LogP contribution < -0.4 is 4.74 Å². The molecular weight excluding hydrogens is 294 g/mol. The minimum Gasteiger partial charge on any atom is -0.496 e. The van der Waals surface area contributed by atoms with Crippen LogP contribution >= 0.6 is 15.9 Å². The summed E-state index contributed by atoms with van der Waals surface area (Å²) < 4.78 is 5.25. The van der Waals surface area contributed by atoms with Crippen LogP contribution in [0.25, 0.3) is 0 Å². The van der Waals surface area contributed by atoms with E-state index in [-0.39, 0.29) is 5.91 Å². The molecule has 18 heavy (non-hydrogen) atoms. The van der Waals surface area contributed by atoms with E-state index >= 15 is 0 Å². The third kappa shape index (κ3) is 4.69. The summed E-state index contributed by atoms with van der Waals surface area (Å²) >= 11 is 3.48. The van der Waals surface area contributed by atoms with Gasteiger partial charge in [-0.15, -0.1) is 0 Å². The molecule has 0 heterocycles. The number of carbonyl (C=O) groups excluding carboxylic acids is 1. The second-order valence-electron chi connectivity index (χ2n) is 4.37. The minimum atomic E-state index is 0.118. The van der Waals surface area contributed by atoms with Crippen molar-refractivity contribution >= 4 is 21.8 Å². The lowest BCUT2D eigenvalue weighted by atomic mass is 10.1. The van der Waals surface area contributed by atoms with E-state index < -0.39 is 0 Å². The molecule has 1 unspecified atom stereocenters. The summed E-state index contributed by atoms with van der Waals surface area (Å²) in [7, 11) is 3.46. The van der Waals surface area contributed by atoms with Gasteiger partial charge in [-0.2, -0.15) is 0 Å². The molecule has 0 radical (unpaired) electrons. The zero-order valence-electron chi connectivity index (χ0n) is 11.1. The number of likely N-dealkylation sites (N-methyl/N-ethyl adjacent to an activating group) is 1. The standard InChI is InChI=1S/C14H20BrNO2/c1-11(15)8-9-16(2)14(17)10-12-6-4-5-7-13(12)18-3/h4-7,11H,8-10H2,1-3H3. The summed E-state index contributed by atoms with van der Waals surface area (Å²) in [5, 5.41) is 0. The molecule has 0 bridgehead atoms. The Bertz CT molecular complexity index is 393. The maximum Gasteiger partial charge on any atom is 0.226 e. The highest BCUT2D eigenvalue weighted by molar-refractivity contribution is 9.09. The number of amides is 1. The number of benzene rings is 1. The molecule has 0 aliphatic rings. The van der Waals surface area contributed by atoms with Crippen molar-refractivity contribution in [2.75, 3.05) is 20.7 Å². The smallest absolute Gasteiger partial charge is 0.226 e. The highest BCUT2D eigenvalue weighted by Gasteiger charge is 2.12. The molecule has 0 aliphatic heterocycles. The van der Waals surface area contributed by atoms with Crippen molar-refractivity contribution in [2.24, 2.45) is 0 Å². The van der Waals surface area contributed by atoms with E-state index in [1.165, 1.54) is 0 Å². The van der Waals surface area contributed by atoms with Crippen LogP contribution in [0.15, 0.2) is 24.3 Å². The van der Waals surface area contributed by atoms with E-state index in [4.69, 9.17) is 4.74 Å². The number of alkyl halides is 1. The van der Waals surface area contributed by atoms with Gasteiger partial charge in [0.05, 0.1) is 13.5 Å². The summed E-state index contributed by atoms with van der Waals surface area (Å²) in [6.07, 6.45) is 1.34. The van der Waals surface area contributed by atoms with Crippen LogP contribution in [-0.2, 0) is 11.2 Å². The summed E-state index contributed by atoms with van der Waals surface area (Å²) in [4.78, 5) is 14.2. The molecular formula is C14H20BrNO2. The van der Waals surface area contributed by atoms with Gasteiger partial charge in [0.1, 0.15) is 5.75 Å². The van der Waals surface area contributed by atoms with Gasteiger partial charge in [0, 0.05) is 24.0 Å². The van der Waals surface area contributed by atoms with Crippen LogP contribution in [0.5, 0.6) is 5.75 Å². The van der Waals surface area contributed by atoms with Crippen molar-refractivity contribution in [2.45, 2.75) is 24.6 Å². The highest BCUT2D eigenvalue weighted by Crippen LogP contribution is 2.18. The van der Waals surface area contributed by atoms with Crippen LogP contribution in [0.4, 0.5) is 0 Å². The normalized spacial score (nSPS) is 12.0. The molecule has 0 fully saturated rings. The molecule has 0 saturated carbocycles. The molecule has 1 amide bonds. The second-order valence-corrected chi connectivity index (χ2v) is 5.94. The van der Waals surface area contributed by atoms with E-state index in [9.17, 15) is 4.79 Å². The van der Waals surface area contributed by atoms with E-state index in [1.54, 1.807) is 12.0 Å². The first-order chi connectivity index (χ1) is 8.54. The molecule has 1 aromatic rings. The summed E-state index contributed by atoms with van der Waals surface area (Å²) in [6.45, 7) is 2.85. The van der Waals surface area contributed by atoms with Gasteiger partial charge in [-0.1, -0.05) is 41.1 Å². The van der Waals surface area contributed by atoms with Crippen molar-refractivity contribution in [1.29, 1.82) is 0 Å². The fourth-order valence-corrected chi connectivity index (χ4v) is 1.85. The fourth-order valence-electron chi connectivity index (χ4n) is 1.64. The van der Waals surface area contributed by atoms with E-state index in [0.717, 1.165) is 24.3 Å². The Balaban J connectivity index is 2.58. The van der Waals surface area contributed by atoms with Crippen LogP contribution in [0.3, 0.4) is 0 Å². The molecule has 0 spiro atoms. The van der Waals surface area contributed by atoms with Gasteiger partial charge >= 0.3 is 0 Å². The molecule has 1 rings (SSSR count). The van der Waals surface area contributed by atoms with Crippen molar-refractivity contribution in [3.05, 3.63) is 29.8 Å². The highest BCUT2D eigenvalue weighted by atomic mass is 79.9. The van der Waals surface area contributed by atoms with Crippen LogP contribution in [0, 0.1) is 0 Å². The first-order valence-corrected chi connectivity index (χ1v) is 6.96. The second kappa shape index (κ2) is 7.41. The number of rotatable bonds is 6. The summed E-state index contributed by atoms with van der Waals surface area (Å²) in [5.41, 5.74) is 0.934. The Labute approximate surface area is 117 Å². The molecule has 0 saturated heterocycles. The number of para-hydroxylation sites is 1. The average molecular weight is 314 g/mol. The number of carbonyl (C=O) groups is 1. The molecule has 3 nitrogen and oxygen atoms in total. The van der Waals surface area contributed by atoms with Gasteiger partial charge in [-0.25, -0.2) is 0 Å². The maximum atomic E-state index is 12.0. The lowest BCUT2D eigenvalue weighted by Gasteiger charge is -2.18. The van der Waals surface area contributed by atoms with Gasteiger partial charge in [-0.3, -0.25) is 4.79 Å². The quantitative estimate of drug-likeness (QED) is 0.756. The Morgan fingerprint density at radius 3 is 2.72 bits per heavy atom. The molecule has 0 aliphatic carbocycles. The molecule has 0 N–H and O–H groups in total. The van der Waals surface area contributed by atoms with Crippen molar-refractivity contribution in [1.82, 2.24) is 4.90 Å². The number of hydrogen-bond acceptors (Lipinski definition) is 2. The van der Waals surface area contributed by atoms with Crippen LogP contribution in [0.1, 0.15) is 18.9 Å². The largest absolute Gasteiger partial charge is 0.496 e. The number of hydrogen-bond donors (Lipinski definition) is 0. The Kier molecular flexibility index (Phi) is 6.19. The maximum absolute atomic E-state index is 12.0. The molecule has 1 aromatic carbocycles. The number of ether oxygens (including phenoxy) is 1. The Hall–Kier alpha value is -1.03. The van der Waals surface area contributed by atoms with Gasteiger partial charge < -0.3 is 9.64 Å². The summed E-state index contributed by atoms with van der Waals surface area (Å²) in [5.74, 6) is 0.890. The van der Waals surface area contributed by atoms with E-state index in [1.807, 2.05) is 31.3 Å². The Morgan fingerprint density at radius 2 is 2.11 bits per heavy atom. The number of methoxy groups -OCH3 is 1. The van der Waals surface area contributed by atoms with Gasteiger partial charge in [0.25, 0.3) is 0 Å². The van der Waals surface area contributed by atoms with Crippen LogP contribution in [0.2, 0.25) is 0 Å². The zero-order valence-corrected chi connectivity index (χ0v) is 12.7. The zero-order chi connectivity index (χ0) is 13.5. The molecule has 1 atom stereocenters. The topological polar surface area (TPSA) is 29.5 Å². The predicted octanol–water partition coefficient (Wildman–Crippen LogP) is 2.87. The summed E-state index contributed by atoms with van der Waals surface area (Å²) in [6, 6.07) is 7.63. The molecule has 4 heteroatoms. The number of nitrogens with zero attached hydrogens (tertiary/aromatic N) is 1. The van der Waals surface area contributed by atoms with Crippen LogP contribution in [-0.4, -0.2) is 36.3 Å². The SMILES string of the molecule is COc1ccccc1CC(=O)N(C)CCC(C)Br. The van der Waals surface area contributed by atoms with Crippen molar-refractivity contribution in [3.63, 3.8) is 0 Å². The molecule has 100 valence electrons. The number of halogens is 1. The fraction of sp³-hybridized carbons (Fsp3) is 0.500. The Morgan fingerprint density at radius 1 is 1.44 bits per heavy atom. The monoisotopic (exact) mass is 313 g/mol. The van der Waals surface area contributed by atoms with E-state index in [0.29, 0.717) is 11.2 Å². The third-order valence-electron chi connectivity index (χ3n) is 2.82. The van der Waals surface area contributed by atoms with Crippen molar-refractivity contribution < 1.29 is 9.53 Å². The van der Waals surface area contributed by atoms with Gasteiger partial charge in [-0.05, 0) is 12.5 Å². The average Bonchev–Trinajstić information content (AvgIpc) is 2.36. The lowest BCUT2D eigenvalue weighted by Crippen LogP contribution is -2.30. The first-order valence-electron chi connectivity index (χ1n) is 6.04. The third-order valence-corrected chi connectivity index (χ3v) is 3.28. The minimum absolute atomic E-state index is 0.118. The molecule has 0 aromatic heterocycles. The predicted molar refractivity (Wildman–Crippen MR) is 77.3 cm³/mol. The van der Waals surface area contributed by atoms with Gasteiger partial charge in [0.15, 0.2) is 0 Å². The first kappa shape index (κ1) is 15.0. The van der Waals surface area contributed by atoms with Gasteiger partial charge in [0.2, 0.25) is 5.91 Å². The van der Waals surface area contributed by atoms with E-state index in [2.05, 4.69) is 22.9 Å².